The van der Waals surface area contributed by atoms with Gasteiger partial charge in [-0.25, -0.2) is 0 Å². The summed E-state index contributed by atoms with van der Waals surface area (Å²) in [7, 11) is 4.86. The van der Waals surface area contributed by atoms with Gasteiger partial charge in [0.15, 0.2) is 5.79 Å². The zero-order chi connectivity index (χ0) is 11.8. The van der Waals surface area contributed by atoms with Crippen LogP contribution in [-0.2, 0) is 19.0 Å². The highest BCUT2D eigenvalue weighted by Gasteiger charge is 2.56. The first-order valence-electron chi connectivity index (χ1n) is 5.86. The van der Waals surface area contributed by atoms with Crippen LogP contribution < -0.4 is 0 Å². The van der Waals surface area contributed by atoms with E-state index in [-0.39, 0.29) is 11.9 Å². The van der Waals surface area contributed by atoms with Crippen molar-refractivity contribution in [1.82, 2.24) is 0 Å². The second-order valence-corrected chi connectivity index (χ2v) is 4.79. The molecule has 0 radical (unpaired) electrons. The lowest BCUT2D eigenvalue weighted by molar-refractivity contribution is -0.268. The summed E-state index contributed by atoms with van der Waals surface area (Å²) in [6, 6.07) is 0. The maximum absolute atomic E-state index is 11.6. The third-order valence-electron chi connectivity index (χ3n) is 4.31. The number of carbonyl (C=O) groups is 1. The average Bonchev–Trinajstić information content (AvgIpc) is 2.52. The molecular weight excluding hydrogens is 208 g/mol. The molecule has 1 unspecified atom stereocenters. The van der Waals surface area contributed by atoms with E-state index >= 15 is 0 Å². The molecule has 4 nitrogen and oxygen atoms in total. The highest BCUT2D eigenvalue weighted by atomic mass is 16.7. The van der Waals surface area contributed by atoms with Crippen LogP contribution in [0.1, 0.15) is 25.7 Å². The first kappa shape index (κ1) is 11.9. The van der Waals surface area contributed by atoms with E-state index in [9.17, 15) is 4.79 Å². The van der Waals surface area contributed by atoms with Crippen molar-refractivity contribution in [1.29, 1.82) is 0 Å². The summed E-state index contributed by atoms with van der Waals surface area (Å²) in [6.07, 6.45) is 3.81. The highest BCUT2D eigenvalue weighted by Crippen LogP contribution is 2.53. The molecule has 0 saturated heterocycles. The number of esters is 1. The van der Waals surface area contributed by atoms with Gasteiger partial charge < -0.3 is 14.2 Å². The third-order valence-corrected chi connectivity index (χ3v) is 4.31. The minimum Gasteiger partial charge on any atom is -0.469 e. The Morgan fingerprint density at radius 3 is 1.94 bits per heavy atom. The van der Waals surface area contributed by atoms with Gasteiger partial charge >= 0.3 is 5.97 Å². The Morgan fingerprint density at radius 1 is 1.06 bits per heavy atom. The van der Waals surface area contributed by atoms with E-state index in [1.807, 2.05) is 0 Å². The Hall–Kier alpha value is -0.610. The van der Waals surface area contributed by atoms with Crippen molar-refractivity contribution in [2.24, 2.45) is 17.8 Å². The highest BCUT2D eigenvalue weighted by molar-refractivity contribution is 5.72. The van der Waals surface area contributed by atoms with Crippen molar-refractivity contribution in [3.63, 3.8) is 0 Å². The molecule has 0 amide bonds. The number of hydrogen-bond donors (Lipinski definition) is 0. The van der Waals surface area contributed by atoms with E-state index < -0.39 is 5.79 Å². The van der Waals surface area contributed by atoms with Gasteiger partial charge in [-0.15, -0.1) is 0 Å². The summed E-state index contributed by atoms with van der Waals surface area (Å²) in [5.41, 5.74) is 0. The van der Waals surface area contributed by atoms with E-state index in [0.717, 1.165) is 25.7 Å². The fraction of sp³-hybridized carbons (Fsp3) is 0.917. The lowest BCUT2D eigenvalue weighted by Crippen LogP contribution is -2.49. The minimum absolute atomic E-state index is 0.0286. The molecule has 4 heteroatoms. The SMILES string of the molecule is COC(=O)C1C[C@H]2CC[C@@H](C1)C2(OC)OC. The van der Waals surface area contributed by atoms with Crippen LogP contribution in [0.25, 0.3) is 0 Å². The Labute approximate surface area is 96.2 Å². The molecule has 0 aromatic heterocycles. The van der Waals surface area contributed by atoms with Gasteiger partial charge in [0.2, 0.25) is 0 Å². The largest absolute Gasteiger partial charge is 0.469 e. The van der Waals surface area contributed by atoms with Crippen molar-refractivity contribution in [3.8, 4) is 0 Å². The van der Waals surface area contributed by atoms with Crippen molar-refractivity contribution in [2.75, 3.05) is 21.3 Å². The molecule has 0 aromatic carbocycles. The molecule has 0 aromatic rings. The number of fused-ring (bicyclic) bond motifs is 2. The van der Waals surface area contributed by atoms with Crippen LogP contribution in [0.5, 0.6) is 0 Å². The lowest BCUT2D eigenvalue weighted by atomic mass is 9.76. The van der Waals surface area contributed by atoms with E-state index in [4.69, 9.17) is 14.2 Å². The van der Waals surface area contributed by atoms with Gasteiger partial charge in [0.1, 0.15) is 0 Å². The first-order chi connectivity index (χ1) is 7.67. The molecular formula is C12H20O4. The second-order valence-electron chi connectivity index (χ2n) is 4.79. The van der Waals surface area contributed by atoms with Gasteiger partial charge in [0, 0.05) is 26.1 Å². The Morgan fingerprint density at radius 2 is 1.56 bits per heavy atom. The van der Waals surface area contributed by atoms with Crippen molar-refractivity contribution in [2.45, 2.75) is 31.5 Å². The van der Waals surface area contributed by atoms with Gasteiger partial charge in [0.25, 0.3) is 0 Å². The van der Waals surface area contributed by atoms with Crippen LogP contribution in [0.3, 0.4) is 0 Å². The fourth-order valence-corrected chi connectivity index (χ4v) is 3.59. The number of methoxy groups -OCH3 is 3. The monoisotopic (exact) mass is 228 g/mol. The number of rotatable bonds is 3. The predicted octanol–water partition coefficient (Wildman–Crippen LogP) is 1.58. The Balaban J connectivity index is 2.15. The number of ether oxygens (including phenoxy) is 3. The van der Waals surface area contributed by atoms with Gasteiger partial charge in [0.05, 0.1) is 13.0 Å². The van der Waals surface area contributed by atoms with Crippen LogP contribution in [0.4, 0.5) is 0 Å². The van der Waals surface area contributed by atoms with Gasteiger partial charge in [-0.05, 0) is 25.7 Å². The average molecular weight is 228 g/mol. The molecule has 2 fully saturated rings. The van der Waals surface area contributed by atoms with E-state index in [1.54, 1.807) is 14.2 Å². The molecule has 3 atom stereocenters. The summed E-state index contributed by atoms with van der Waals surface area (Å²) in [5, 5.41) is 0. The zero-order valence-corrected chi connectivity index (χ0v) is 10.2. The normalized spacial score (nSPS) is 36.1. The molecule has 2 rings (SSSR count). The maximum atomic E-state index is 11.6. The molecule has 0 spiro atoms. The molecule has 0 N–H and O–H groups in total. The summed E-state index contributed by atoms with van der Waals surface area (Å²) < 4.78 is 16.0. The van der Waals surface area contributed by atoms with Crippen LogP contribution in [0.2, 0.25) is 0 Å². The maximum Gasteiger partial charge on any atom is 0.308 e. The van der Waals surface area contributed by atoms with Crippen LogP contribution >= 0.6 is 0 Å². The summed E-state index contributed by atoms with van der Waals surface area (Å²) in [4.78, 5) is 11.6. The van der Waals surface area contributed by atoms with E-state index in [2.05, 4.69) is 0 Å². The summed E-state index contributed by atoms with van der Waals surface area (Å²) in [6.45, 7) is 0. The molecule has 0 heterocycles. The number of hydrogen-bond acceptors (Lipinski definition) is 4. The molecule has 2 aliphatic carbocycles. The van der Waals surface area contributed by atoms with Crippen molar-refractivity contribution >= 4 is 5.97 Å². The van der Waals surface area contributed by atoms with Gasteiger partial charge in [-0.1, -0.05) is 0 Å². The van der Waals surface area contributed by atoms with E-state index in [0.29, 0.717) is 11.8 Å². The third kappa shape index (κ3) is 1.55. The molecule has 2 saturated carbocycles. The van der Waals surface area contributed by atoms with Crippen LogP contribution in [0, 0.1) is 17.8 Å². The molecule has 92 valence electrons. The zero-order valence-electron chi connectivity index (χ0n) is 10.2. The van der Waals surface area contributed by atoms with Gasteiger partial charge in [-0.3, -0.25) is 4.79 Å². The summed E-state index contributed by atoms with van der Waals surface area (Å²) in [5.74, 6) is 0.138. The smallest absolute Gasteiger partial charge is 0.308 e. The lowest BCUT2D eigenvalue weighted by Gasteiger charge is -2.43. The topological polar surface area (TPSA) is 44.8 Å². The van der Waals surface area contributed by atoms with E-state index in [1.165, 1.54) is 7.11 Å². The minimum atomic E-state index is -0.454. The predicted molar refractivity (Wildman–Crippen MR) is 57.7 cm³/mol. The molecule has 16 heavy (non-hydrogen) atoms. The quantitative estimate of drug-likeness (QED) is 0.543. The first-order valence-corrected chi connectivity index (χ1v) is 5.86. The molecule has 2 bridgehead atoms. The standard InChI is InChI=1S/C12H20O4/c1-14-11(13)8-6-9-4-5-10(7-8)12(9,15-2)16-3/h8-10H,4-7H2,1-3H3/t8?,9-,10+. The Bertz CT molecular complexity index is 256. The van der Waals surface area contributed by atoms with Crippen molar-refractivity contribution in [3.05, 3.63) is 0 Å². The number of carbonyl (C=O) groups excluding carboxylic acids is 1. The summed E-state index contributed by atoms with van der Waals surface area (Å²) >= 11 is 0. The van der Waals surface area contributed by atoms with Crippen molar-refractivity contribution < 1.29 is 19.0 Å². The van der Waals surface area contributed by atoms with Crippen LogP contribution in [-0.4, -0.2) is 33.1 Å². The molecule has 2 aliphatic rings. The Kier molecular flexibility index (Phi) is 3.22. The van der Waals surface area contributed by atoms with Crippen LogP contribution in [0.15, 0.2) is 0 Å². The van der Waals surface area contributed by atoms with Gasteiger partial charge in [-0.2, -0.15) is 0 Å². The fourth-order valence-electron chi connectivity index (χ4n) is 3.59. The molecule has 0 aliphatic heterocycles. The second kappa shape index (κ2) is 4.34.